The summed E-state index contributed by atoms with van der Waals surface area (Å²) >= 11 is 0. The van der Waals surface area contributed by atoms with Crippen molar-refractivity contribution in [1.29, 1.82) is 0 Å². The molecule has 2 aliphatic rings. The third-order valence-electron chi connectivity index (χ3n) is 5.59. The Morgan fingerprint density at radius 3 is 2.68 bits per heavy atom. The highest BCUT2D eigenvalue weighted by Crippen LogP contribution is 2.33. The lowest BCUT2D eigenvalue weighted by Crippen LogP contribution is -2.34. The number of amides is 1. The van der Waals surface area contributed by atoms with Crippen molar-refractivity contribution in [1.82, 2.24) is 5.32 Å². The summed E-state index contributed by atoms with van der Waals surface area (Å²) in [4.78, 5) is 12.5. The quantitative estimate of drug-likeness (QED) is 0.796. The van der Waals surface area contributed by atoms with Gasteiger partial charge in [0.1, 0.15) is 0 Å². The van der Waals surface area contributed by atoms with Crippen molar-refractivity contribution >= 4 is 5.91 Å². The monoisotopic (exact) mass is 346 g/mol. The lowest BCUT2D eigenvalue weighted by atomic mass is 9.95. The molecule has 0 bridgehead atoms. The Kier molecular flexibility index (Phi) is 6.19. The molecule has 138 valence electrons. The zero-order chi connectivity index (χ0) is 17.6. The molecule has 1 amide bonds. The first-order chi connectivity index (χ1) is 12.2. The maximum atomic E-state index is 12.5. The minimum atomic E-state index is 0.0671. The Morgan fingerprint density at radius 1 is 1.16 bits per heavy atom. The molecule has 2 atom stereocenters. The summed E-state index contributed by atoms with van der Waals surface area (Å²) in [5.74, 6) is 2.06. The average molecular weight is 346 g/mol. The summed E-state index contributed by atoms with van der Waals surface area (Å²) in [6.45, 7) is 1.11. The number of nitrogens with one attached hydrogen (secondary N) is 1. The van der Waals surface area contributed by atoms with E-state index in [-0.39, 0.29) is 17.9 Å². The average Bonchev–Trinajstić information content (AvgIpc) is 3.31. The molecule has 0 spiro atoms. The molecule has 2 fully saturated rings. The highest BCUT2D eigenvalue weighted by atomic mass is 16.5. The van der Waals surface area contributed by atoms with Gasteiger partial charge in [0.05, 0.1) is 13.2 Å². The predicted octanol–water partition coefficient (Wildman–Crippen LogP) is 3.01. The summed E-state index contributed by atoms with van der Waals surface area (Å²) in [6, 6.07) is 5.90. The maximum absolute atomic E-state index is 12.5. The van der Waals surface area contributed by atoms with E-state index < -0.39 is 0 Å². The largest absolute Gasteiger partial charge is 0.493 e. The van der Waals surface area contributed by atoms with Crippen LogP contribution in [0.2, 0.25) is 0 Å². The van der Waals surface area contributed by atoms with Crippen LogP contribution in [0.1, 0.15) is 50.5 Å². The van der Waals surface area contributed by atoms with Crippen molar-refractivity contribution in [2.75, 3.05) is 13.7 Å². The molecule has 3 rings (SSSR count). The second-order valence-corrected chi connectivity index (χ2v) is 7.26. The second kappa shape index (κ2) is 8.56. The molecule has 1 aromatic rings. The van der Waals surface area contributed by atoms with Crippen LogP contribution in [-0.4, -0.2) is 25.7 Å². The summed E-state index contributed by atoms with van der Waals surface area (Å²) < 4.78 is 11.5. The first-order valence-corrected chi connectivity index (χ1v) is 9.52. The van der Waals surface area contributed by atoms with Crippen LogP contribution >= 0.6 is 0 Å². The normalized spacial score (nSPS) is 23.6. The van der Waals surface area contributed by atoms with Crippen molar-refractivity contribution in [3.05, 3.63) is 23.8 Å². The van der Waals surface area contributed by atoms with E-state index in [0.29, 0.717) is 19.0 Å². The van der Waals surface area contributed by atoms with Crippen LogP contribution in [0.15, 0.2) is 18.2 Å². The van der Waals surface area contributed by atoms with Crippen molar-refractivity contribution in [2.24, 2.45) is 17.6 Å². The van der Waals surface area contributed by atoms with E-state index in [1.165, 1.54) is 12.8 Å². The van der Waals surface area contributed by atoms with E-state index in [1.54, 1.807) is 7.11 Å². The molecular weight excluding hydrogens is 316 g/mol. The number of carbonyl (C=O) groups is 1. The Labute approximate surface area is 150 Å². The zero-order valence-electron chi connectivity index (χ0n) is 15.1. The molecule has 2 aliphatic carbocycles. The number of ether oxygens (including phenoxy) is 2. The standard InChI is InChI=1S/C20H30N2O3/c1-24-18-10-9-14(11-19(18)25-16-6-2-3-7-16)13-22-20(23)17-8-4-5-15(17)12-21/h9-11,15-17H,2-8,12-13,21H2,1H3,(H,22,23)/t15-,17-/m1/s1. The fourth-order valence-corrected chi connectivity index (χ4v) is 4.09. The van der Waals surface area contributed by atoms with Gasteiger partial charge in [-0.15, -0.1) is 0 Å². The van der Waals surface area contributed by atoms with E-state index in [0.717, 1.165) is 49.2 Å². The molecule has 3 N–H and O–H groups in total. The molecule has 0 heterocycles. The number of rotatable bonds is 7. The highest BCUT2D eigenvalue weighted by Gasteiger charge is 2.31. The van der Waals surface area contributed by atoms with Crippen LogP contribution in [0, 0.1) is 11.8 Å². The lowest BCUT2D eigenvalue weighted by molar-refractivity contribution is -0.126. The van der Waals surface area contributed by atoms with Gasteiger partial charge in [-0.2, -0.15) is 0 Å². The first-order valence-electron chi connectivity index (χ1n) is 9.52. The van der Waals surface area contributed by atoms with Gasteiger partial charge in [-0.3, -0.25) is 4.79 Å². The highest BCUT2D eigenvalue weighted by molar-refractivity contribution is 5.79. The van der Waals surface area contributed by atoms with E-state index >= 15 is 0 Å². The Hall–Kier alpha value is -1.75. The van der Waals surface area contributed by atoms with Crippen LogP contribution in [0.3, 0.4) is 0 Å². The Bertz CT molecular complexity index is 584. The van der Waals surface area contributed by atoms with Crippen molar-refractivity contribution < 1.29 is 14.3 Å². The van der Waals surface area contributed by atoms with Crippen LogP contribution < -0.4 is 20.5 Å². The zero-order valence-corrected chi connectivity index (χ0v) is 15.1. The van der Waals surface area contributed by atoms with Gasteiger partial charge in [0.15, 0.2) is 11.5 Å². The molecule has 2 saturated carbocycles. The number of hydrogen-bond donors (Lipinski definition) is 2. The second-order valence-electron chi connectivity index (χ2n) is 7.26. The van der Waals surface area contributed by atoms with Crippen molar-refractivity contribution in [2.45, 2.75) is 57.6 Å². The van der Waals surface area contributed by atoms with Gasteiger partial charge < -0.3 is 20.5 Å². The minimum Gasteiger partial charge on any atom is -0.493 e. The maximum Gasteiger partial charge on any atom is 0.223 e. The third kappa shape index (κ3) is 4.46. The number of nitrogens with two attached hydrogens (primary N) is 1. The van der Waals surface area contributed by atoms with E-state index in [1.807, 2.05) is 18.2 Å². The number of hydrogen-bond acceptors (Lipinski definition) is 4. The number of methoxy groups -OCH3 is 1. The summed E-state index contributed by atoms with van der Waals surface area (Å²) in [5, 5.41) is 3.07. The SMILES string of the molecule is COc1ccc(CNC(=O)[C@@H]2CCC[C@@H]2CN)cc1OC1CCCC1. The topological polar surface area (TPSA) is 73.6 Å². The van der Waals surface area contributed by atoms with E-state index in [4.69, 9.17) is 15.2 Å². The van der Waals surface area contributed by atoms with Crippen LogP contribution in [-0.2, 0) is 11.3 Å². The van der Waals surface area contributed by atoms with Crippen LogP contribution in [0.4, 0.5) is 0 Å². The van der Waals surface area contributed by atoms with Gasteiger partial charge in [0.25, 0.3) is 0 Å². The van der Waals surface area contributed by atoms with Gasteiger partial charge >= 0.3 is 0 Å². The molecule has 0 saturated heterocycles. The van der Waals surface area contributed by atoms with Gasteiger partial charge in [0.2, 0.25) is 5.91 Å². The van der Waals surface area contributed by atoms with Crippen LogP contribution in [0.5, 0.6) is 11.5 Å². The third-order valence-corrected chi connectivity index (χ3v) is 5.59. The van der Waals surface area contributed by atoms with Gasteiger partial charge in [-0.25, -0.2) is 0 Å². The summed E-state index contributed by atoms with van der Waals surface area (Å²) in [6.07, 6.45) is 8.06. The Morgan fingerprint density at radius 2 is 1.96 bits per heavy atom. The van der Waals surface area contributed by atoms with Gasteiger partial charge in [-0.05, 0) is 68.7 Å². The molecule has 0 unspecified atom stereocenters. The van der Waals surface area contributed by atoms with Crippen molar-refractivity contribution in [3.8, 4) is 11.5 Å². The summed E-state index contributed by atoms with van der Waals surface area (Å²) in [5.41, 5.74) is 6.82. The van der Waals surface area contributed by atoms with Crippen molar-refractivity contribution in [3.63, 3.8) is 0 Å². The molecule has 1 aromatic carbocycles. The minimum absolute atomic E-state index is 0.0671. The van der Waals surface area contributed by atoms with E-state index in [9.17, 15) is 4.79 Å². The first kappa shape index (κ1) is 18.1. The van der Waals surface area contributed by atoms with Gasteiger partial charge in [-0.1, -0.05) is 12.5 Å². The lowest BCUT2D eigenvalue weighted by Gasteiger charge is -2.19. The molecule has 0 aliphatic heterocycles. The molecule has 5 heteroatoms. The molecule has 0 radical (unpaired) electrons. The Balaban J connectivity index is 1.61. The predicted molar refractivity (Wildman–Crippen MR) is 97.6 cm³/mol. The molecule has 25 heavy (non-hydrogen) atoms. The molecule has 5 nitrogen and oxygen atoms in total. The number of carbonyl (C=O) groups excluding carboxylic acids is 1. The molecular formula is C20H30N2O3. The number of benzene rings is 1. The van der Waals surface area contributed by atoms with Crippen LogP contribution in [0.25, 0.3) is 0 Å². The van der Waals surface area contributed by atoms with Gasteiger partial charge in [0, 0.05) is 12.5 Å². The molecule has 0 aromatic heterocycles. The fraction of sp³-hybridized carbons (Fsp3) is 0.650. The smallest absolute Gasteiger partial charge is 0.223 e. The fourth-order valence-electron chi connectivity index (χ4n) is 4.09. The summed E-state index contributed by atoms with van der Waals surface area (Å²) in [7, 11) is 1.66. The van der Waals surface area contributed by atoms with E-state index in [2.05, 4.69) is 5.32 Å².